The molecule has 0 aromatic heterocycles. The Hall–Kier alpha value is -1.25. The lowest BCUT2D eigenvalue weighted by molar-refractivity contribution is -0.135. The lowest BCUT2D eigenvalue weighted by Crippen LogP contribution is -1.97. The van der Waals surface area contributed by atoms with E-state index in [9.17, 15) is 4.79 Å². The first-order valence-electron chi connectivity index (χ1n) is 11.3. The Balaban J connectivity index is 3.23. The molecule has 0 saturated heterocycles. The van der Waals surface area contributed by atoms with Crippen molar-refractivity contribution in [1.29, 1.82) is 0 Å². The SMILES string of the molecule is C=C/C(=C/OC(C)=O)OCCCCCCCCCCCCCCCCCC. The zero-order valence-electron chi connectivity index (χ0n) is 18.1. The van der Waals surface area contributed by atoms with E-state index < -0.39 is 0 Å². The van der Waals surface area contributed by atoms with E-state index in [1.807, 2.05) is 0 Å². The topological polar surface area (TPSA) is 35.5 Å². The maximum Gasteiger partial charge on any atom is 0.307 e. The average molecular weight is 381 g/mol. The normalized spacial score (nSPS) is 11.4. The van der Waals surface area contributed by atoms with Crippen molar-refractivity contribution in [3.63, 3.8) is 0 Å². The molecule has 0 N–H and O–H groups in total. The van der Waals surface area contributed by atoms with Crippen LogP contribution in [0.25, 0.3) is 0 Å². The monoisotopic (exact) mass is 380 g/mol. The summed E-state index contributed by atoms with van der Waals surface area (Å²) in [6.07, 6.45) is 24.7. The van der Waals surface area contributed by atoms with Crippen LogP contribution in [0.2, 0.25) is 0 Å². The van der Waals surface area contributed by atoms with Crippen molar-refractivity contribution >= 4 is 5.97 Å². The molecule has 0 bridgehead atoms. The van der Waals surface area contributed by atoms with E-state index in [0.29, 0.717) is 12.4 Å². The molecule has 0 aliphatic carbocycles. The molecule has 0 rings (SSSR count). The molecule has 3 heteroatoms. The van der Waals surface area contributed by atoms with Crippen molar-refractivity contribution in [3.05, 3.63) is 24.7 Å². The van der Waals surface area contributed by atoms with Crippen molar-refractivity contribution in [3.8, 4) is 0 Å². The second-order valence-electron chi connectivity index (χ2n) is 7.49. The van der Waals surface area contributed by atoms with Crippen LogP contribution in [-0.4, -0.2) is 12.6 Å². The number of carbonyl (C=O) groups is 1. The third kappa shape index (κ3) is 20.9. The van der Waals surface area contributed by atoms with E-state index in [2.05, 4.69) is 13.5 Å². The number of rotatable bonds is 20. The predicted molar refractivity (Wildman–Crippen MR) is 116 cm³/mol. The van der Waals surface area contributed by atoms with Gasteiger partial charge in [-0.3, -0.25) is 4.79 Å². The summed E-state index contributed by atoms with van der Waals surface area (Å²) in [6.45, 7) is 7.95. The van der Waals surface area contributed by atoms with E-state index in [1.165, 1.54) is 109 Å². The van der Waals surface area contributed by atoms with Crippen LogP contribution >= 0.6 is 0 Å². The molecule has 0 aromatic carbocycles. The summed E-state index contributed by atoms with van der Waals surface area (Å²) < 4.78 is 10.3. The smallest absolute Gasteiger partial charge is 0.307 e. The molecule has 0 aromatic rings. The number of esters is 1. The van der Waals surface area contributed by atoms with E-state index in [4.69, 9.17) is 9.47 Å². The van der Waals surface area contributed by atoms with E-state index in [-0.39, 0.29) is 5.97 Å². The van der Waals surface area contributed by atoms with Gasteiger partial charge in [-0.2, -0.15) is 0 Å². The van der Waals surface area contributed by atoms with Gasteiger partial charge in [0.2, 0.25) is 0 Å². The fraction of sp³-hybridized carbons (Fsp3) is 0.792. The molecular weight excluding hydrogens is 336 g/mol. The van der Waals surface area contributed by atoms with E-state index in [1.54, 1.807) is 6.08 Å². The minimum absolute atomic E-state index is 0.347. The lowest BCUT2D eigenvalue weighted by atomic mass is 10.0. The first-order valence-corrected chi connectivity index (χ1v) is 11.3. The molecule has 0 spiro atoms. The summed E-state index contributed by atoms with van der Waals surface area (Å²) in [5.74, 6) is 0.173. The predicted octanol–water partition coefficient (Wildman–Crippen LogP) is 7.86. The van der Waals surface area contributed by atoms with Crippen LogP contribution in [-0.2, 0) is 14.3 Å². The molecule has 0 radical (unpaired) electrons. The van der Waals surface area contributed by atoms with Crippen molar-refractivity contribution in [2.45, 2.75) is 117 Å². The van der Waals surface area contributed by atoms with Crippen LogP contribution in [0.15, 0.2) is 24.7 Å². The van der Waals surface area contributed by atoms with Gasteiger partial charge >= 0.3 is 5.97 Å². The summed E-state index contributed by atoms with van der Waals surface area (Å²) >= 11 is 0. The number of allylic oxidation sites excluding steroid dienone is 1. The minimum Gasteiger partial charge on any atom is -0.490 e. The average Bonchev–Trinajstić information content (AvgIpc) is 2.66. The first-order chi connectivity index (χ1) is 13.2. The molecule has 0 fully saturated rings. The maximum absolute atomic E-state index is 10.7. The van der Waals surface area contributed by atoms with Gasteiger partial charge in [0.15, 0.2) is 5.76 Å². The maximum atomic E-state index is 10.7. The summed E-state index contributed by atoms with van der Waals surface area (Å²) in [6, 6.07) is 0. The van der Waals surface area contributed by atoms with Gasteiger partial charge in [0.25, 0.3) is 0 Å². The molecule has 0 atom stereocenters. The fourth-order valence-corrected chi connectivity index (χ4v) is 3.12. The highest BCUT2D eigenvalue weighted by Gasteiger charge is 1.97. The highest BCUT2D eigenvalue weighted by atomic mass is 16.5. The van der Waals surface area contributed by atoms with Gasteiger partial charge in [-0.1, -0.05) is 110 Å². The highest BCUT2D eigenvalue weighted by Crippen LogP contribution is 2.14. The van der Waals surface area contributed by atoms with Crippen LogP contribution in [0.4, 0.5) is 0 Å². The molecule has 3 nitrogen and oxygen atoms in total. The summed E-state index contributed by atoms with van der Waals surface area (Å²) in [5, 5.41) is 0. The molecule has 0 unspecified atom stereocenters. The number of ether oxygens (including phenoxy) is 2. The third-order valence-corrected chi connectivity index (χ3v) is 4.81. The molecule has 0 heterocycles. The molecular formula is C24H44O3. The number of carbonyl (C=O) groups excluding carboxylic acids is 1. The van der Waals surface area contributed by atoms with E-state index in [0.717, 1.165) is 6.42 Å². The van der Waals surface area contributed by atoms with Gasteiger partial charge in [-0.25, -0.2) is 0 Å². The van der Waals surface area contributed by atoms with Gasteiger partial charge in [-0.15, -0.1) is 0 Å². The van der Waals surface area contributed by atoms with Gasteiger partial charge in [0, 0.05) is 6.92 Å². The molecule has 0 amide bonds. The number of hydrogen-bond acceptors (Lipinski definition) is 3. The summed E-state index contributed by atoms with van der Waals surface area (Å²) in [4.78, 5) is 10.7. The Morgan fingerprint density at radius 2 is 1.15 bits per heavy atom. The standard InChI is InChI=1S/C24H44O3/c1-4-6-7-8-9-10-11-12-13-14-15-16-17-18-19-20-21-26-24(5-2)22-27-23(3)25/h5,22H,2,4,6-21H2,1,3H3/b24-22-. The van der Waals surface area contributed by atoms with Crippen molar-refractivity contribution in [2.75, 3.05) is 6.61 Å². The Labute approximate surface area is 168 Å². The number of unbranched alkanes of at least 4 members (excludes halogenated alkanes) is 15. The van der Waals surface area contributed by atoms with Gasteiger partial charge < -0.3 is 9.47 Å². The quantitative estimate of drug-likeness (QED) is 0.0933. The fourth-order valence-electron chi connectivity index (χ4n) is 3.12. The second-order valence-corrected chi connectivity index (χ2v) is 7.49. The Morgan fingerprint density at radius 1 is 0.741 bits per heavy atom. The third-order valence-electron chi connectivity index (χ3n) is 4.81. The first kappa shape index (κ1) is 25.8. The molecule has 0 aliphatic heterocycles. The van der Waals surface area contributed by atoms with Gasteiger partial charge in [-0.05, 0) is 12.5 Å². The Bertz CT molecular complexity index is 374. The lowest BCUT2D eigenvalue weighted by Gasteiger charge is -2.06. The Morgan fingerprint density at radius 3 is 1.52 bits per heavy atom. The Kier molecular flexibility index (Phi) is 20.1. The number of hydrogen-bond donors (Lipinski definition) is 0. The molecule has 0 aliphatic rings. The zero-order chi connectivity index (χ0) is 20.0. The summed E-state index contributed by atoms with van der Waals surface area (Å²) in [5.41, 5.74) is 0. The van der Waals surface area contributed by atoms with Gasteiger partial charge in [0.1, 0.15) is 6.26 Å². The van der Waals surface area contributed by atoms with Crippen molar-refractivity contribution in [1.82, 2.24) is 0 Å². The molecule has 0 saturated carbocycles. The van der Waals surface area contributed by atoms with Crippen LogP contribution in [0.5, 0.6) is 0 Å². The van der Waals surface area contributed by atoms with Crippen molar-refractivity contribution < 1.29 is 14.3 Å². The summed E-state index contributed by atoms with van der Waals surface area (Å²) in [7, 11) is 0. The second kappa shape index (κ2) is 21.1. The molecule has 158 valence electrons. The van der Waals surface area contributed by atoms with Crippen LogP contribution in [0.1, 0.15) is 117 Å². The highest BCUT2D eigenvalue weighted by molar-refractivity contribution is 5.66. The van der Waals surface area contributed by atoms with E-state index >= 15 is 0 Å². The van der Waals surface area contributed by atoms with Gasteiger partial charge in [0.05, 0.1) is 6.61 Å². The zero-order valence-corrected chi connectivity index (χ0v) is 18.1. The van der Waals surface area contributed by atoms with Crippen LogP contribution in [0, 0.1) is 0 Å². The minimum atomic E-state index is -0.347. The molecule has 27 heavy (non-hydrogen) atoms. The van der Waals surface area contributed by atoms with Crippen LogP contribution < -0.4 is 0 Å². The van der Waals surface area contributed by atoms with Crippen molar-refractivity contribution in [2.24, 2.45) is 0 Å². The largest absolute Gasteiger partial charge is 0.490 e. The van der Waals surface area contributed by atoms with Crippen LogP contribution in [0.3, 0.4) is 0 Å².